The van der Waals surface area contributed by atoms with E-state index in [-0.39, 0.29) is 23.7 Å². The van der Waals surface area contributed by atoms with Gasteiger partial charge in [-0.25, -0.2) is 4.39 Å². The fourth-order valence-electron chi connectivity index (χ4n) is 2.40. The number of aryl methyl sites for hydroxylation is 2. The number of carbonyl (C=O) groups excluding carboxylic acids is 1. The van der Waals surface area contributed by atoms with Gasteiger partial charge in [-0.3, -0.25) is 4.79 Å². The summed E-state index contributed by atoms with van der Waals surface area (Å²) in [6.45, 7) is 3.35. The Morgan fingerprint density at radius 3 is 2.81 bits per heavy atom. The van der Waals surface area contributed by atoms with Gasteiger partial charge in [-0.2, -0.15) is 4.68 Å². The second kappa shape index (κ2) is 6.75. The number of halogens is 1. The van der Waals surface area contributed by atoms with Gasteiger partial charge >= 0.3 is 5.82 Å². The number of anilines is 1. The number of nitrogens with one attached hydrogen (secondary N) is 1. The Morgan fingerprint density at radius 1 is 1.38 bits per heavy atom. The second-order valence-electron chi connectivity index (χ2n) is 5.59. The van der Waals surface area contributed by atoms with Gasteiger partial charge in [-0.15, -0.1) is 0 Å². The monoisotopic (exact) mass is 359 g/mol. The molecule has 1 N–H and O–H groups in total. The molecular formula is C16H14FN5O4. The van der Waals surface area contributed by atoms with Crippen molar-refractivity contribution in [3.63, 3.8) is 0 Å². The van der Waals surface area contributed by atoms with Crippen molar-refractivity contribution in [2.45, 2.75) is 20.4 Å². The molecule has 0 atom stereocenters. The van der Waals surface area contributed by atoms with Crippen molar-refractivity contribution < 1.29 is 18.6 Å². The summed E-state index contributed by atoms with van der Waals surface area (Å²) in [4.78, 5) is 22.7. The van der Waals surface area contributed by atoms with Crippen LogP contribution in [0.1, 0.15) is 27.5 Å². The minimum absolute atomic E-state index is 0.00399. The highest BCUT2D eigenvalue weighted by molar-refractivity contribution is 6.03. The number of benzene rings is 1. The highest BCUT2D eigenvalue weighted by Gasteiger charge is 2.24. The molecule has 0 aliphatic rings. The molecule has 3 rings (SSSR count). The Kier molecular flexibility index (Phi) is 4.48. The summed E-state index contributed by atoms with van der Waals surface area (Å²) in [6.07, 6.45) is 0. The summed E-state index contributed by atoms with van der Waals surface area (Å²) in [5, 5.41) is 21.0. The van der Waals surface area contributed by atoms with Crippen LogP contribution in [0.15, 0.2) is 34.9 Å². The molecule has 0 saturated heterocycles. The van der Waals surface area contributed by atoms with Crippen LogP contribution < -0.4 is 5.32 Å². The molecule has 3 aromatic rings. The second-order valence-corrected chi connectivity index (χ2v) is 5.59. The van der Waals surface area contributed by atoms with Gasteiger partial charge in [0.25, 0.3) is 5.91 Å². The Morgan fingerprint density at radius 2 is 2.15 bits per heavy atom. The zero-order valence-electron chi connectivity index (χ0n) is 13.9. The molecule has 0 aliphatic heterocycles. The van der Waals surface area contributed by atoms with Gasteiger partial charge in [0, 0.05) is 5.69 Å². The first kappa shape index (κ1) is 17.3. The molecule has 26 heavy (non-hydrogen) atoms. The highest BCUT2D eigenvalue weighted by Crippen LogP contribution is 2.20. The molecule has 0 aliphatic carbocycles. The molecule has 1 amide bonds. The largest absolute Gasteiger partial charge is 0.390 e. The van der Waals surface area contributed by atoms with E-state index in [2.05, 4.69) is 15.6 Å². The van der Waals surface area contributed by atoms with Crippen LogP contribution in [0, 0.1) is 29.8 Å². The predicted molar refractivity (Wildman–Crippen MR) is 88.3 cm³/mol. The van der Waals surface area contributed by atoms with E-state index in [9.17, 15) is 19.3 Å². The van der Waals surface area contributed by atoms with E-state index < -0.39 is 16.6 Å². The SMILES string of the molecule is Cc1onc(C(=O)Nc2cccc(F)c2)c1Cn1nc([N+](=O)[O-])cc1C. The van der Waals surface area contributed by atoms with Crippen LogP contribution in [0.25, 0.3) is 0 Å². The molecule has 2 heterocycles. The summed E-state index contributed by atoms with van der Waals surface area (Å²) >= 11 is 0. The minimum Gasteiger partial charge on any atom is -0.361 e. The van der Waals surface area contributed by atoms with E-state index in [1.165, 1.54) is 35.0 Å². The Bertz CT molecular complexity index is 994. The number of hydrogen-bond acceptors (Lipinski definition) is 6. The number of amides is 1. The Hall–Kier alpha value is -3.56. The maximum Gasteiger partial charge on any atom is 0.390 e. The lowest BCUT2D eigenvalue weighted by atomic mass is 10.1. The van der Waals surface area contributed by atoms with Gasteiger partial charge in [0.15, 0.2) is 5.69 Å². The fraction of sp³-hybridized carbons (Fsp3) is 0.188. The molecule has 10 heteroatoms. The average Bonchev–Trinajstić information content (AvgIpc) is 3.12. The minimum atomic E-state index is -0.596. The van der Waals surface area contributed by atoms with Gasteiger partial charge in [0.05, 0.1) is 29.0 Å². The topological polar surface area (TPSA) is 116 Å². The van der Waals surface area contributed by atoms with Crippen LogP contribution in [0.5, 0.6) is 0 Å². The van der Waals surface area contributed by atoms with E-state index in [1.54, 1.807) is 13.8 Å². The molecule has 0 radical (unpaired) electrons. The third-order valence-corrected chi connectivity index (χ3v) is 3.75. The van der Waals surface area contributed by atoms with Gasteiger partial charge in [0.2, 0.25) is 0 Å². The average molecular weight is 359 g/mol. The smallest absolute Gasteiger partial charge is 0.361 e. The molecule has 0 unspecified atom stereocenters. The molecule has 9 nitrogen and oxygen atoms in total. The van der Waals surface area contributed by atoms with Crippen molar-refractivity contribution in [2.24, 2.45) is 0 Å². The molecule has 0 spiro atoms. The van der Waals surface area contributed by atoms with E-state index >= 15 is 0 Å². The quantitative estimate of drug-likeness (QED) is 0.553. The summed E-state index contributed by atoms with van der Waals surface area (Å²) in [6, 6.07) is 6.76. The van der Waals surface area contributed by atoms with Crippen LogP contribution in [-0.2, 0) is 6.54 Å². The van der Waals surface area contributed by atoms with Crippen molar-refractivity contribution in [1.29, 1.82) is 0 Å². The lowest BCUT2D eigenvalue weighted by Crippen LogP contribution is -2.16. The third-order valence-electron chi connectivity index (χ3n) is 3.75. The fourth-order valence-corrected chi connectivity index (χ4v) is 2.40. The lowest BCUT2D eigenvalue weighted by molar-refractivity contribution is -0.389. The van der Waals surface area contributed by atoms with E-state index in [0.717, 1.165) is 0 Å². The highest BCUT2D eigenvalue weighted by atomic mass is 19.1. The first-order valence-electron chi connectivity index (χ1n) is 7.56. The number of aromatic nitrogens is 3. The van der Waals surface area contributed by atoms with Crippen LogP contribution >= 0.6 is 0 Å². The van der Waals surface area contributed by atoms with E-state index in [1.807, 2.05) is 0 Å². The molecule has 134 valence electrons. The normalized spacial score (nSPS) is 10.7. The van der Waals surface area contributed by atoms with Gasteiger partial charge in [-0.1, -0.05) is 11.2 Å². The van der Waals surface area contributed by atoms with Crippen LogP contribution in [0.4, 0.5) is 15.9 Å². The maximum absolute atomic E-state index is 13.3. The number of hydrogen-bond donors (Lipinski definition) is 1. The first-order chi connectivity index (χ1) is 12.3. The third kappa shape index (κ3) is 3.43. The van der Waals surface area contributed by atoms with Crippen molar-refractivity contribution in [1.82, 2.24) is 14.9 Å². The molecule has 0 bridgehead atoms. The zero-order valence-corrected chi connectivity index (χ0v) is 13.9. The summed E-state index contributed by atoms with van der Waals surface area (Å²) in [5.74, 6) is -0.977. The zero-order chi connectivity index (χ0) is 18.8. The summed E-state index contributed by atoms with van der Waals surface area (Å²) in [5.41, 5.74) is 1.26. The molecule has 2 aromatic heterocycles. The van der Waals surface area contributed by atoms with Gasteiger partial charge in [0.1, 0.15) is 11.6 Å². The summed E-state index contributed by atoms with van der Waals surface area (Å²) < 4.78 is 19.7. The number of carbonyl (C=O) groups is 1. The number of rotatable bonds is 5. The van der Waals surface area contributed by atoms with Crippen molar-refractivity contribution in [2.75, 3.05) is 5.32 Å². The predicted octanol–water partition coefficient (Wildman–Crippen LogP) is 2.84. The molecule has 0 saturated carbocycles. The summed E-state index contributed by atoms with van der Waals surface area (Å²) in [7, 11) is 0. The van der Waals surface area contributed by atoms with Gasteiger partial charge in [-0.05, 0) is 37.0 Å². The van der Waals surface area contributed by atoms with Crippen LogP contribution in [0.2, 0.25) is 0 Å². The van der Waals surface area contributed by atoms with Gasteiger partial charge < -0.3 is 20.0 Å². The number of nitrogens with zero attached hydrogens (tertiary/aromatic N) is 4. The maximum atomic E-state index is 13.3. The van der Waals surface area contributed by atoms with E-state index in [4.69, 9.17) is 4.52 Å². The van der Waals surface area contributed by atoms with Crippen LogP contribution in [-0.4, -0.2) is 25.8 Å². The Labute approximate surface area is 146 Å². The molecular weight excluding hydrogens is 345 g/mol. The lowest BCUT2D eigenvalue weighted by Gasteiger charge is -2.05. The molecule has 1 aromatic carbocycles. The standard InChI is InChI=1S/C16H14FN5O4/c1-9-6-14(22(24)25)19-21(9)8-13-10(2)26-20-15(13)16(23)18-12-5-3-4-11(17)7-12/h3-7H,8H2,1-2H3,(H,18,23). The Balaban J connectivity index is 1.87. The van der Waals surface area contributed by atoms with E-state index in [0.29, 0.717) is 17.0 Å². The van der Waals surface area contributed by atoms with Crippen molar-refractivity contribution >= 4 is 17.4 Å². The van der Waals surface area contributed by atoms with Crippen LogP contribution in [0.3, 0.4) is 0 Å². The first-order valence-corrected chi connectivity index (χ1v) is 7.56. The van der Waals surface area contributed by atoms with Crippen molar-refractivity contribution in [3.05, 3.63) is 69.0 Å². The van der Waals surface area contributed by atoms with Crippen molar-refractivity contribution in [3.8, 4) is 0 Å². The molecule has 0 fully saturated rings. The number of nitro groups is 1.